The Morgan fingerprint density at radius 3 is 2.55 bits per heavy atom. The molecular formula is C15H31Cl2N3OS. The lowest BCUT2D eigenvalue weighted by Crippen LogP contribution is -2.53. The zero-order valence-electron chi connectivity index (χ0n) is 13.7. The van der Waals surface area contributed by atoms with Gasteiger partial charge in [-0.3, -0.25) is 4.79 Å². The fourth-order valence-electron chi connectivity index (χ4n) is 3.10. The lowest BCUT2D eigenvalue weighted by molar-refractivity contribution is -0.121. The van der Waals surface area contributed by atoms with Gasteiger partial charge in [0.05, 0.1) is 0 Å². The summed E-state index contributed by atoms with van der Waals surface area (Å²) in [4.78, 5) is 14.3. The summed E-state index contributed by atoms with van der Waals surface area (Å²) in [7, 11) is 4.26. The molecule has 22 heavy (non-hydrogen) atoms. The summed E-state index contributed by atoms with van der Waals surface area (Å²) < 4.78 is 0. The van der Waals surface area contributed by atoms with Crippen molar-refractivity contribution in [3.05, 3.63) is 0 Å². The molecule has 7 heteroatoms. The van der Waals surface area contributed by atoms with Crippen molar-refractivity contribution in [2.24, 2.45) is 5.92 Å². The molecule has 0 aromatic heterocycles. The standard InChI is InChI=1S/C15H29N3OS.2ClH/c1-18(2)15(7-10-20-12-15)11-17-14(19)4-3-13-5-8-16-9-6-13;;/h13,16H,3-12H2,1-2H3,(H,17,19);2*1H. The maximum absolute atomic E-state index is 12.1. The third-order valence-electron chi connectivity index (χ3n) is 4.88. The minimum absolute atomic E-state index is 0. The normalized spacial score (nSPS) is 25.4. The van der Waals surface area contributed by atoms with Gasteiger partial charge in [0.1, 0.15) is 0 Å². The first-order chi connectivity index (χ1) is 9.62. The number of carbonyl (C=O) groups excluding carboxylic acids is 1. The van der Waals surface area contributed by atoms with E-state index in [1.165, 1.54) is 25.0 Å². The second-order valence-electron chi connectivity index (χ2n) is 6.43. The van der Waals surface area contributed by atoms with Crippen molar-refractivity contribution >= 4 is 42.5 Å². The molecule has 0 aliphatic carbocycles. The third kappa shape index (κ3) is 6.44. The van der Waals surface area contributed by atoms with Crippen LogP contribution in [0, 0.1) is 5.92 Å². The van der Waals surface area contributed by atoms with Gasteiger partial charge in [-0.25, -0.2) is 0 Å². The van der Waals surface area contributed by atoms with Gasteiger partial charge in [-0.2, -0.15) is 11.8 Å². The summed E-state index contributed by atoms with van der Waals surface area (Å²) in [6, 6.07) is 0. The number of nitrogens with zero attached hydrogens (tertiary/aromatic N) is 1. The van der Waals surface area contributed by atoms with Gasteiger partial charge < -0.3 is 15.5 Å². The number of likely N-dealkylation sites (N-methyl/N-ethyl adjacent to an activating group) is 1. The van der Waals surface area contributed by atoms with Crippen LogP contribution in [-0.2, 0) is 4.79 Å². The average molecular weight is 372 g/mol. The Morgan fingerprint density at radius 1 is 1.32 bits per heavy atom. The molecule has 0 bridgehead atoms. The molecule has 2 fully saturated rings. The van der Waals surface area contributed by atoms with E-state index in [2.05, 4.69) is 29.6 Å². The summed E-state index contributed by atoms with van der Waals surface area (Å²) in [5, 5.41) is 6.55. The molecule has 0 radical (unpaired) electrons. The van der Waals surface area contributed by atoms with Crippen molar-refractivity contribution in [1.82, 2.24) is 15.5 Å². The molecule has 132 valence electrons. The van der Waals surface area contributed by atoms with Crippen molar-refractivity contribution in [3.63, 3.8) is 0 Å². The smallest absolute Gasteiger partial charge is 0.220 e. The van der Waals surface area contributed by atoms with Gasteiger partial charge in [-0.15, -0.1) is 24.8 Å². The van der Waals surface area contributed by atoms with Crippen LogP contribution in [0.5, 0.6) is 0 Å². The van der Waals surface area contributed by atoms with E-state index in [0.29, 0.717) is 6.42 Å². The topological polar surface area (TPSA) is 44.4 Å². The van der Waals surface area contributed by atoms with E-state index in [4.69, 9.17) is 0 Å². The molecule has 0 aromatic rings. The van der Waals surface area contributed by atoms with Crippen LogP contribution in [-0.4, -0.2) is 61.6 Å². The first kappa shape index (κ1) is 22.3. The van der Waals surface area contributed by atoms with E-state index in [0.717, 1.165) is 37.7 Å². The molecule has 2 aliphatic rings. The lowest BCUT2D eigenvalue weighted by Gasteiger charge is -2.35. The lowest BCUT2D eigenvalue weighted by atomic mass is 9.93. The first-order valence-corrected chi connectivity index (χ1v) is 9.00. The van der Waals surface area contributed by atoms with Crippen molar-refractivity contribution in [1.29, 1.82) is 0 Å². The Morgan fingerprint density at radius 2 is 2.00 bits per heavy atom. The molecule has 1 unspecified atom stereocenters. The molecule has 0 spiro atoms. The summed E-state index contributed by atoms with van der Waals surface area (Å²) >= 11 is 2.00. The van der Waals surface area contributed by atoms with Crippen LogP contribution in [0.1, 0.15) is 32.1 Å². The summed E-state index contributed by atoms with van der Waals surface area (Å²) in [6.45, 7) is 3.04. The summed E-state index contributed by atoms with van der Waals surface area (Å²) in [6.07, 6.45) is 5.38. The quantitative estimate of drug-likeness (QED) is 0.750. The summed E-state index contributed by atoms with van der Waals surface area (Å²) in [5.74, 6) is 3.33. The Bertz CT molecular complexity index is 320. The highest BCUT2D eigenvalue weighted by Gasteiger charge is 2.36. The zero-order valence-corrected chi connectivity index (χ0v) is 16.2. The van der Waals surface area contributed by atoms with Crippen LogP contribution in [0.3, 0.4) is 0 Å². The predicted molar refractivity (Wildman–Crippen MR) is 101 cm³/mol. The fourth-order valence-corrected chi connectivity index (χ4v) is 4.66. The van der Waals surface area contributed by atoms with Crippen LogP contribution in [0.2, 0.25) is 0 Å². The van der Waals surface area contributed by atoms with E-state index >= 15 is 0 Å². The van der Waals surface area contributed by atoms with Gasteiger partial charge in [0.2, 0.25) is 5.91 Å². The average Bonchev–Trinajstić information content (AvgIpc) is 2.94. The number of rotatable bonds is 6. The van der Waals surface area contributed by atoms with Gasteiger partial charge in [0.15, 0.2) is 0 Å². The number of hydrogen-bond acceptors (Lipinski definition) is 4. The van der Waals surface area contributed by atoms with E-state index in [1.54, 1.807) is 0 Å². The van der Waals surface area contributed by atoms with Gasteiger partial charge in [-0.05, 0) is 64.5 Å². The van der Waals surface area contributed by atoms with Crippen LogP contribution >= 0.6 is 36.6 Å². The molecule has 1 atom stereocenters. The van der Waals surface area contributed by atoms with Crippen molar-refractivity contribution < 1.29 is 4.79 Å². The highest BCUT2D eigenvalue weighted by molar-refractivity contribution is 7.99. The molecular weight excluding hydrogens is 341 g/mol. The molecule has 0 aromatic carbocycles. The molecule has 0 saturated carbocycles. The zero-order chi connectivity index (χ0) is 14.4. The van der Waals surface area contributed by atoms with E-state index in [-0.39, 0.29) is 36.3 Å². The minimum Gasteiger partial charge on any atom is -0.354 e. The molecule has 4 nitrogen and oxygen atoms in total. The SMILES string of the molecule is CN(C)C1(CNC(=O)CCC2CCNCC2)CCSC1.Cl.Cl. The minimum atomic E-state index is 0. The predicted octanol–water partition coefficient (Wildman–Crippen LogP) is 2.16. The maximum atomic E-state index is 12.1. The molecule has 2 aliphatic heterocycles. The number of amides is 1. The summed E-state index contributed by atoms with van der Waals surface area (Å²) in [5.41, 5.74) is 0.176. The van der Waals surface area contributed by atoms with Crippen LogP contribution in [0.4, 0.5) is 0 Å². The molecule has 1 amide bonds. The van der Waals surface area contributed by atoms with E-state index < -0.39 is 0 Å². The Labute approximate surface area is 151 Å². The van der Waals surface area contributed by atoms with Gasteiger partial charge >= 0.3 is 0 Å². The van der Waals surface area contributed by atoms with Gasteiger partial charge in [0.25, 0.3) is 0 Å². The van der Waals surface area contributed by atoms with Crippen molar-refractivity contribution in [3.8, 4) is 0 Å². The first-order valence-electron chi connectivity index (χ1n) is 7.85. The monoisotopic (exact) mass is 371 g/mol. The number of hydrogen-bond donors (Lipinski definition) is 2. The molecule has 2 saturated heterocycles. The number of piperidine rings is 1. The third-order valence-corrected chi connectivity index (χ3v) is 6.12. The molecule has 2 heterocycles. The Hall–Kier alpha value is 0.320. The van der Waals surface area contributed by atoms with E-state index in [1.807, 2.05) is 11.8 Å². The number of nitrogens with one attached hydrogen (secondary N) is 2. The number of thioether (sulfide) groups is 1. The van der Waals surface area contributed by atoms with Gasteiger partial charge in [-0.1, -0.05) is 0 Å². The Kier molecular flexibility index (Phi) is 11.1. The highest BCUT2D eigenvalue weighted by Crippen LogP contribution is 2.31. The van der Waals surface area contributed by atoms with Crippen LogP contribution in [0.25, 0.3) is 0 Å². The Balaban J connectivity index is 0.00000220. The fraction of sp³-hybridized carbons (Fsp3) is 0.933. The van der Waals surface area contributed by atoms with Crippen LogP contribution in [0.15, 0.2) is 0 Å². The van der Waals surface area contributed by atoms with Crippen molar-refractivity contribution in [2.75, 3.05) is 45.2 Å². The second-order valence-corrected chi connectivity index (χ2v) is 7.54. The number of halogens is 2. The van der Waals surface area contributed by atoms with Crippen LogP contribution < -0.4 is 10.6 Å². The molecule has 2 N–H and O–H groups in total. The van der Waals surface area contributed by atoms with E-state index in [9.17, 15) is 4.79 Å². The highest BCUT2D eigenvalue weighted by atomic mass is 35.5. The van der Waals surface area contributed by atoms with Crippen molar-refractivity contribution in [2.45, 2.75) is 37.6 Å². The molecule has 2 rings (SSSR count). The maximum Gasteiger partial charge on any atom is 0.220 e. The largest absolute Gasteiger partial charge is 0.354 e. The second kappa shape index (κ2) is 11.0. The van der Waals surface area contributed by atoms with Gasteiger partial charge in [0, 0.05) is 24.3 Å². The number of carbonyl (C=O) groups is 1.